The second-order valence-corrected chi connectivity index (χ2v) is 2.63. The number of anilines is 1. The minimum absolute atomic E-state index is 0.681. The number of nitrogens with one attached hydrogen (secondary N) is 1. The molecule has 1 N–H and O–H groups in total. The highest BCUT2D eigenvalue weighted by molar-refractivity contribution is 5.48. The molecule has 0 radical (unpaired) electrons. The van der Waals surface area contributed by atoms with E-state index in [9.17, 15) is 0 Å². The topological polar surface area (TPSA) is 30.5 Å². The third-order valence-corrected chi connectivity index (χ3v) is 1.67. The van der Waals surface area contributed by atoms with E-state index in [0.29, 0.717) is 6.61 Å². The predicted octanol–water partition coefficient (Wildman–Crippen LogP) is 2.61. The van der Waals surface area contributed by atoms with Crippen LogP contribution in [0.25, 0.3) is 0 Å². The highest BCUT2D eigenvalue weighted by atomic mass is 16.5. The van der Waals surface area contributed by atoms with Crippen LogP contribution in [0.5, 0.6) is 5.75 Å². The van der Waals surface area contributed by atoms with Crippen molar-refractivity contribution in [1.82, 2.24) is 0 Å². The lowest BCUT2D eigenvalue weighted by atomic mass is 10.3. The van der Waals surface area contributed by atoms with Gasteiger partial charge in [0.25, 0.3) is 0 Å². The van der Waals surface area contributed by atoms with Crippen molar-refractivity contribution in [1.29, 1.82) is 0 Å². The maximum atomic E-state index is 5.04. The van der Waals surface area contributed by atoms with E-state index < -0.39 is 0 Å². The Bertz CT molecular complexity index is 280. The number of methoxy groups -OCH3 is 1. The number of rotatable bonds is 5. The third kappa shape index (κ3) is 3.39. The van der Waals surface area contributed by atoms with Gasteiger partial charge in [-0.05, 0) is 31.2 Å². The molecule has 1 aromatic rings. The first kappa shape index (κ1) is 10.4. The van der Waals surface area contributed by atoms with Crippen molar-refractivity contribution >= 4 is 5.69 Å². The molecule has 14 heavy (non-hydrogen) atoms. The summed E-state index contributed by atoms with van der Waals surface area (Å²) in [4.78, 5) is 0. The van der Waals surface area contributed by atoms with E-state index >= 15 is 0 Å². The van der Waals surface area contributed by atoms with Crippen molar-refractivity contribution in [2.24, 2.45) is 0 Å². The average Bonchev–Trinajstić information content (AvgIpc) is 2.25. The van der Waals surface area contributed by atoms with Crippen molar-refractivity contribution in [3.63, 3.8) is 0 Å². The fourth-order valence-corrected chi connectivity index (χ4v) is 0.962. The molecule has 0 amide bonds. The number of hydrogen-bond donors (Lipinski definition) is 1. The van der Waals surface area contributed by atoms with Crippen LogP contribution in [0.2, 0.25) is 0 Å². The molecule has 0 saturated heterocycles. The lowest BCUT2D eigenvalue weighted by molar-refractivity contribution is 0.269. The molecule has 0 aliphatic heterocycles. The van der Waals surface area contributed by atoms with Crippen molar-refractivity contribution in [3.8, 4) is 5.75 Å². The van der Waals surface area contributed by atoms with Gasteiger partial charge in [-0.1, -0.05) is 0 Å². The normalized spacial score (nSPS) is 10.1. The summed E-state index contributed by atoms with van der Waals surface area (Å²) in [5.74, 6) is 0.851. The molecule has 0 spiro atoms. The molecular formula is C11H15NO2. The van der Waals surface area contributed by atoms with E-state index in [-0.39, 0.29) is 0 Å². The molecule has 0 aliphatic rings. The fraction of sp³-hybridized carbons (Fsp3) is 0.273. The van der Waals surface area contributed by atoms with E-state index in [1.54, 1.807) is 19.6 Å². The minimum Gasteiger partial charge on any atom is -0.500 e. The summed E-state index contributed by atoms with van der Waals surface area (Å²) < 4.78 is 10.1. The Labute approximate surface area is 84.3 Å². The first-order valence-electron chi connectivity index (χ1n) is 4.54. The van der Waals surface area contributed by atoms with E-state index in [2.05, 4.69) is 5.32 Å². The zero-order valence-corrected chi connectivity index (χ0v) is 8.49. The molecular weight excluding hydrogens is 178 g/mol. The second-order valence-electron chi connectivity index (χ2n) is 2.63. The number of ether oxygens (including phenoxy) is 2. The van der Waals surface area contributed by atoms with Gasteiger partial charge in [-0.2, -0.15) is 0 Å². The summed E-state index contributed by atoms with van der Waals surface area (Å²) in [6.07, 6.45) is 3.38. The molecule has 76 valence electrons. The molecule has 3 nitrogen and oxygen atoms in total. The monoisotopic (exact) mass is 193 g/mol. The van der Waals surface area contributed by atoms with Gasteiger partial charge in [0.2, 0.25) is 0 Å². The zero-order chi connectivity index (χ0) is 10.2. The van der Waals surface area contributed by atoms with Crippen molar-refractivity contribution in [3.05, 3.63) is 36.7 Å². The Morgan fingerprint density at radius 1 is 1.29 bits per heavy atom. The first-order valence-corrected chi connectivity index (χ1v) is 4.54. The van der Waals surface area contributed by atoms with Gasteiger partial charge in [-0.25, -0.2) is 0 Å². The zero-order valence-electron chi connectivity index (χ0n) is 8.49. The molecule has 0 bridgehead atoms. The largest absolute Gasteiger partial charge is 0.500 e. The Morgan fingerprint density at radius 2 is 2.00 bits per heavy atom. The summed E-state index contributed by atoms with van der Waals surface area (Å²) in [6.45, 7) is 2.62. The highest BCUT2D eigenvalue weighted by Crippen LogP contribution is 2.14. The summed E-state index contributed by atoms with van der Waals surface area (Å²) in [5.41, 5.74) is 1.00. The quantitative estimate of drug-likeness (QED) is 0.729. The van der Waals surface area contributed by atoms with Crippen LogP contribution in [-0.4, -0.2) is 13.7 Å². The van der Waals surface area contributed by atoms with Gasteiger partial charge in [0.1, 0.15) is 5.75 Å². The smallest absolute Gasteiger partial charge is 0.119 e. The summed E-state index contributed by atoms with van der Waals surface area (Å²) in [7, 11) is 1.65. The van der Waals surface area contributed by atoms with E-state index in [1.807, 2.05) is 31.2 Å². The van der Waals surface area contributed by atoms with E-state index in [0.717, 1.165) is 11.4 Å². The van der Waals surface area contributed by atoms with Gasteiger partial charge in [-0.3, -0.25) is 0 Å². The van der Waals surface area contributed by atoms with Crippen LogP contribution in [0.1, 0.15) is 6.92 Å². The van der Waals surface area contributed by atoms with E-state index in [1.165, 1.54) is 0 Å². The number of benzene rings is 1. The van der Waals surface area contributed by atoms with Gasteiger partial charge in [0.05, 0.1) is 20.0 Å². The van der Waals surface area contributed by atoms with Crippen LogP contribution < -0.4 is 10.1 Å². The molecule has 0 fully saturated rings. The highest BCUT2D eigenvalue weighted by Gasteiger charge is 1.90. The summed E-state index contributed by atoms with van der Waals surface area (Å²) in [6, 6.07) is 7.68. The van der Waals surface area contributed by atoms with Crippen LogP contribution in [-0.2, 0) is 4.74 Å². The number of hydrogen-bond acceptors (Lipinski definition) is 3. The molecule has 0 heterocycles. The molecule has 1 rings (SSSR count). The van der Waals surface area contributed by atoms with Gasteiger partial charge in [0, 0.05) is 11.9 Å². The Hall–Kier alpha value is -1.64. The van der Waals surface area contributed by atoms with Crippen molar-refractivity contribution in [2.75, 3.05) is 19.0 Å². The average molecular weight is 193 g/mol. The summed E-state index contributed by atoms with van der Waals surface area (Å²) >= 11 is 0. The van der Waals surface area contributed by atoms with Crippen LogP contribution in [0, 0.1) is 0 Å². The fourth-order valence-electron chi connectivity index (χ4n) is 0.962. The Morgan fingerprint density at radius 3 is 2.57 bits per heavy atom. The molecule has 0 unspecified atom stereocenters. The SMILES string of the molecule is CCO/C=C\Nc1ccc(OC)cc1. The molecule has 0 atom stereocenters. The first-order chi connectivity index (χ1) is 6.86. The predicted molar refractivity (Wildman–Crippen MR) is 57.4 cm³/mol. The van der Waals surface area contributed by atoms with Gasteiger partial charge >= 0.3 is 0 Å². The Balaban J connectivity index is 2.43. The molecule has 3 heteroatoms. The standard InChI is InChI=1S/C11H15NO2/c1-3-14-9-8-12-10-4-6-11(13-2)7-5-10/h4-9,12H,3H2,1-2H3/b9-8-. The maximum Gasteiger partial charge on any atom is 0.119 e. The maximum absolute atomic E-state index is 5.04. The molecule has 0 aromatic heterocycles. The molecule has 0 saturated carbocycles. The molecule has 0 aliphatic carbocycles. The van der Waals surface area contributed by atoms with Crippen LogP contribution in [0.3, 0.4) is 0 Å². The van der Waals surface area contributed by atoms with Gasteiger partial charge in [-0.15, -0.1) is 0 Å². The Kier molecular flexibility index (Phi) is 4.41. The van der Waals surface area contributed by atoms with Gasteiger partial charge < -0.3 is 14.8 Å². The van der Waals surface area contributed by atoms with Gasteiger partial charge in [0.15, 0.2) is 0 Å². The minimum atomic E-state index is 0.681. The van der Waals surface area contributed by atoms with Crippen LogP contribution in [0.15, 0.2) is 36.7 Å². The van der Waals surface area contributed by atoms with Crippen LogP contribution >= 0.6 is 0 Å². The second kappa shape index (κ2) is 5.91. The summed E-state index contributed by atoms with van der Waals surface area (Å²) in [5, 5.41) is 3.07. The van der Waals surface area contributed by atoms with Crippen molar-refractivity contribution in [2.45, 2.75) is 6.92 Å². The van der Waals surface area contributed by atoms with Crippen LogP contribution in [0.4, 0.5) is 5.69 Å². The van der Waals surface area contributed by atoms with E-state index in [4.69, 9.17) is 9.47 Å². The lowest BCUT2D eigenvalue weighted by Crippen LogP contribution is -1.89. The third-order valence-electron chi connectivity index (χ3n) is 1.67. The molecule has 1 aromatic carbocycles. The lowest BCUT2D eigenvalue weighted by Gasteiger charge is -2.02. The van der Waals surface area contributed by atoms with Crippen molar-refractivity contribution < 1.29 is 9.47 Å².